The monoisotopic (exact) mass is 402 g/mol. The normalized spacial score (nSPS) is 15.0. The lowest BCUT2D eigenvalue weighted by Gasteiger charge is -2.35. The van der Waals surface area contributed by atoms with E-state index in [1.54, 1.807) is 44.9 Å². The number of benzene rings is 1. The number of amides is 2. The summed E-state index contributed by atoms with van der Waals surface area (Å²) in [5.41, 5.74) is 0.675. The van der Waals surface area contributed by atoms with Gasteiger partial charge in [0.15, 0.2) is 0 Å². The van der Waals surface area contributed by atoms with Gasteiger partial charge in [-0.15, -0.1) is 0 Å². The summed E-state index contributed by atoms with van der Waals surface area (Å²) in [5.74, 6) is -0.479. The first kappa shape index (κ1) is 19.0. The Hall–Kier alpha value is -3.36. The maximum atomic E-state index is 12.7. The molecule has 1 fully saturated rings. The number of nitrogens with zero attached hydrogens (tertiary/aromatic N) is 4. The maximum Gasteiger partial charge on any atom is 0.416 e. The second-order valence-corrected chi connectivity index (χ2v) is 6.77. The van der Waals surface area contributed by atoms with E-state index >= 15 is 0 Å². The van der Waals surface area contributed by atoms with E-state index in [9.17, 15) is 22.8 Å². The van der Waals surface area contributed by atoms with E-state index in [1.807, 2.05) is 0 Å². The van der Waals surface area contributed by atoms with Crippen molar-refractivity contribution in [3.63, 3.8) is 0 Å². The first-order chi connectivity index (χ1) is 13.8. The molecular weight excluding hydrogens is 385 g/mol. The van der Waals surface area contributed by atoms with E-state index in [0.29, 0.717) is 31.7 Å². The van der Waals surface area contributed by atoms with Crippen molar-refractivity contribution in [2.45, 2.75) is 6.18 Å². The first-order valence-electron chi connectivity index (χ1n) is 9.01. The molecule has 150 valence electrons. The van der Waals surface area contributed by atoms with E-state index in [-0.39, 0.29) is 17.4 Å². The van der Waals surface area contributed by atoms with E-state index in [4.69, 9.17) is 0 Å². The highest BCUT2D eigenvalue weighted by atomic mass is 19.4. The molecule has 6 nitrogen and oxygen atoms in total. The number of carbonyl (C=O) groups excluding carboxylic acids is 2. The summed E-state index contributed by atoms with van der Waals surface area (Å²) < 4.78 is 39.8. The second-order valence-electron chi connectivity index (χ2n) is 6.77. The molecule has 1 aliphatic heterocycles. The van der Waals surface area contributed by atoms with Gasteiger partial charge in [-0.25, -0.2) is 4.98 Å². The van der Waals surface area contributed by atoms with Gasteiger partial charge < -0.3 is 14.2 Å². The maximum absolute atomic E-state index is 12.7. The highest BCUT2D eigenvalue weighted by Gasteiger charge is 2.31. The summed E-state index contributed by atoms with van der Waals surface area (Å²) in [6, 6.07) is 7.65. The lowest BCUT2D eigenvalue weighted by atomic mass is 10.1. The minimum Gasteiger partial charge on any atom is -0.335 e. The van der Waals surface area contributed by atoms with Crippen molar-refractivity contribution in [1.29, 1.82) is 0 Å². The SMILES string of the molecule is O=C(c1ccc(C(F)(F)F)cc1)N1CCN(C(=O)c2ccc3nccn3c2)CC1. The predicted molar refractivity (Wildman–Crippen MR) is 98.4 cm³/mol. The summed E-state index contributed by atoms with van der Waals surface area (Å²) in [6.07, 6.45) is 0.680. The van der Waals surface area contributed by atoms with Crippen molar-refractivity contribution in [1.82, 2.24) is 19.2 Å². The number of rotatable bonds is 2. The molecule has 0 spiro atoms. The Kier molecular flexibility index (Phi) is 4.73. The molecule has 2 amide bonds. The Morgan fingerprint density at radius 1 is 0.828 bits per heavy atom. The van der Waals surface area contributed by atoms with Gasteiger partial charge in [0, 0.05) is 50.3 Å². The summed E-state index contributed by atoms with van der Waals surface area (Å²) >= 11 is 0. The minimum atomic E-state index is -4.44. The van der Waals surface area contributed by atoms with Gasteiger partial charge in [-0.1, -0.05) is 0 Å². The molecule has 0 aliphatic carbocycles. The van der Waals surface area contributed by atoms with Crippen molar-refractivity contribution in [2.24, 2.45) is 0 Å². The van der Waals surface area contributed by atoms with Crippen LogP contribution >= 0.6 is 0 Å². The molecule has 1 aromatic carbocycles. The fourth-order valence-corrected chi connectivity index (χ4v) is 3.33. The van der Waals surface area contributed by atoms with Crippen LogP contribution in [0.5, 0.6) is 0 Å². The molecule has 0 unspecified atom stereocenters. The van der Waals surface area contributed by atoms with Crippen molar-refractivity contribution in [3.05, 3.63) is 71.7 Å². The van der Waals surface area contributed by atoms with E-state index in [2.05, 4.69) is 4.98 Å². The molecule has 0 radical (unpaired) electrons. The van der Waals surface area contributed by atoms with Gasteiger partial charge in [0.2, 0.25) is 0 Å². The average molecular weight is 402 g/mol. The molecule has 29 heavy (non-hydrogen) atoms. The number of aromatic nitrogens is 2. The van der Waals surface area contributed by atoms with E-state index in [0.717, 1.165) is 17.8 Å². The van der Waals surface area contributed by atoms with Gasteiger partial charge >= 0.3 is 6.18 Å². The quantitative estimate of drug-likeness (QED) is 0.662. The van der Waals surface area contributed by atoms with Crippen molar-refractivity contribution >= 4 is 17.5 Å². The Morgan fingerprint density at radius 3 is 1.97 bits per heavy atom. The van der Waals surface area contributed by atoms with Crippen LogP contribution in [0, 0.1) is 0 Å². The summed E-state index contributed by atoms with van der Waals surface area (Å²) in [7, 11) is 0. The van der Waals surface area contributed by atoms with Gasteiger partial charge in [-0.2, -0.15) is 13.2 Å². The number of alkyl halides is 3. The molecule has 9 heteroatoms. The average Bonchev–Trinajstić information content (AvgIpc) is 3.20. The van der Waals surface area contributed by atoms with Crippen LogP contribution in [0.2, 0.25) is 0 Å². The van der Waals surface area contributed by atoms with Crippen LogP contribution in [0.1, 0.15) is 26.3 Å². The zero-order chi connectivity index (χ0) is 20.6. The number of carbonyl (C=O) groups is 2. The number of hydrogen-bond donors (Lipinski definition) is 0. The Balaban J connectivity index is 1.39. The topological polar surface area (TPSA) is 57.9 Å². The smallest absolute Gasteiger partial charge is 0.335 e. The fraction of sp³-hybridized carbons (Fsp3) is 0.250. The standard InChI is InChI=1S/C20H17F3N4O2/c21-20(22,23)16-4-1-14(2-5-16)18(28)25-9-11-26(12-10-25)19(29)15-3-6-17-24-7-8-27(17)13-15/h1-8,13H,9-12H2. The molecule has 0 bridgehead atoms. The molecule has 0 N–H and O–H groups in total. The highest BCUT2D eigenvalue weighted by molar-refractivity contribution is 5.96. The summed E-state index contributed by atoms with van der Waals surface area (Å²) in [5, 5.41) is 0. The third-order valence-corrected chi connectivity index (χ3v) is 4.95. The molecule has 3 aromatic rings. The minimum absolute atomic E-state index is 0.137. The van der Waals surface area contributed by atoms with Crippen LogP contribution in [0.4, 0.5) is 13.2 Å². The summed E-state index contributed by atoms with van der Waals surface area (Å²) in [4.78, 5) is 32.6. The molecule has 0 atom stereocenters. The number of piperazine rings is 1. The van der Waals surface area contributed by atoms with Crippen molar-refractivity contribution in [2.75, 3.05) is 26.2 Å². The van der Waals surface area contributed by atoms with Gasteiger partial charge in [0.25, 0.3) is 11.8 Å². The number of fused-ring (bicyclic) bond motifs is 1. The molecule has 3 heterocycles. The Labute approximate surface area is 164 Å². The highest BCUT2D eigenvalue weighted by Crippen LogP contribution is 2.29. The third-order valence-electron chi connectivity index (χ3n) is 4.95. The molecular formula is C20H17F3N4O2. The lowest BCUT2D eigenvalue weighted by molar-refractivity contribution is -0.137. The fourth-order valence-electron chi connectivity index (χ4n) is 3.33. The van der Waals surface area contributed by atoms with Crippen LogP contribution in [-0.4, -0.2) is 57.2 Å². The van der Waals surface area contributed by atoms with E-state index < -0.39 is 11.7 Å². The number of hydrogen-bond acceptors (Lipinski definition) is 3. The van der Waals surface area contributed by atoms with Crippen LogP contribution in [0.25, 0.3) is 5.65 Å². The predicted octanol–water partition coefficient (Wildman–Crippen LogP) is 2.95. The molecule has 1 saturated heterocycles. The number of pyridine rings is 1. The lowest BCUT2D eigenvalue weighted by Crippen LogP contribution is -2.50. The Bertz CT molecular complexity index is 1050. The first-order valence-corrected chi connectivity index (χ1v) is 9.01. The Morgan fingerprint density at radius 2 is 1.38 bits per heavy atom. The zero-order valence-electron chi connectivity index (χ0n) is 15.3. The molecule has 2 aromatic heterocycles. The third kappa shape index (κ3) is 3.80. The van der Waals surface area contributed by atoms with Gasteiger partial charge in [0.1, 0.15) is 5.65 Å². The van der Waals surface area contributed by atoms with Crippen LogP contribution < -0.4 is 0 Å². The molecule has 0 saturated carbocycles. The molecule has 1 aliphatic rings. The van der Waals surface area contributed by atoms with Crippen molar-refractivity contribution < 1.29 is 22.8 Å². The van der Waals surface area contributed by atoms with E-state index in [1.165, 1.54) is 12.1 Å². The van der Waals surface area contributed by atoms with Gasteiger partial charge in [0.05, 0.1) is 11.1 Å². The van der Waals surface area contributed by atoms with Crippen LogP contribution in [0.3, 0.4) is 0 Å². The van der Waals surface area contributed by atoms with Crippen LogP contribution in [0.15, 0.2) is 55.0 Å². The number of halogens is 3. The summed E-state index contributed by atoms with van der Waals surface area (Å²) in [6.45, 7) is 1.35. The second kappa shape index (κ2) is 7.23. The molecule has 4 rings (SSSR count). The number of imidazole rings is 1. The van der Waals surface area contributed by atoms with Crippen molar-refractivity contribution in [3.8, 4) is 0 Å². The van der Waals surface area contributed by atoms with Gasteiger partial charge in [-0.05, 0) is 36.4 Å². The van der Waals surface area contributed by atoms with Crippen LogP contribution in [-0.2, 0) is 6.18 Å². The largest absolute Gasteiger partial charge is 0.416 e. The van der Waals surface area contributed by atoms with Gasteiger partial charge in [-0.3, -0.25) is 9.59 Å². The zero-order valence-corrected chi connectivity index (χ0v) is 15.3.